The van der Waals surface area contributed by atoms with E-state index in [1.165, 1.54) is 11.4 Å². The highest BCUT2D eigenvalue weighted by Crippen LogP contribution is 2.39. The van der Waals surface area contributed by atoms with Crippen LogP contribution < -0.4 is 5.19 Å². The molecule has 44 heavy (non-hydrogen) atoms. The quantitative estimate of drug-likeness (QED) is 0.197. The van der Waals surface area contributed by atoms with Crippen LogP contribution in [0.3, 0.4) is 0 Å². The molecule has 0 bridgehead atoms. The van der Waals surface area contributed by atoms with Crippen LogP contribution >= 0.6 is 0 Å². The monoisotopic (exact) mass is 588 g/mol. The molecule has 0 amide bonds. The molecular formula is C38H32N4OSi. The summed E-state index contributed by atoms with van der Waals surface area (Å²) in [5.41, 5.74) is 9.67. The molecule has 0 radical (unpaired) electrons. The molecule has 0 fully saturated rings. The number of benzene rings is 4. The Morgan fingerprint density at radius 2 is 1.36 bits per heavy atom. The van der Waals surface area contributed by atoms with Crippen molar-refractivity contribution in [2.24, 2.45) is 0 Å². The van der Waals surface area contributed by atoms with Gasteiger partial charge >= 0.3 is 0 Å². The first-order valence-corrected chi connectivity index (χ1v) is 18.2. The maximum Gasteiger partial charge on any atom is 0.149 e. The number of nitrogens with zero attached hydrogens (tertiary/aromatic N) is 4. The van der Waals surface area contributed by atoms with E-state index >= 15 is 0 Å². The number of para-hydroxylation sites is 2. The van der Waals surface area contributed by atoms with Gasteiger partial charge in [0, 0.05) is 29.2 Å². The molecule has 0 saturated carbocycles. The van der Waals surface area contributed by atoms with E-state index in [0.29, 0.717) is 11.4 Å². The van der Waals surface area contributed by atoms with Crippen molar-refractivity contribution in [3.8, 4) is 56.3 Å². The van der Waals surface area contributed by atoms with Gasteiger partial charge < -0.3 is 5.11 Å². The zero-order chi connectivity index (χ0) is 30.3. The summed E-state index contributed by atoms with van der Waals surface area (Å²) < 4.78 is 2.10. The molecule has 0 aliphatic carbocycles. The van der Waals surface area contributed by atoms with Crippen LogP contribution in [0.5, 0.6) is 5.75 Å². The van der Waals surface area contributed by atoms with Crippen molar-refractivity contribution >= 4 is 24.3 Å². The second-order valence-corrected chi connectivity index (χ2v) is 17.1. The minimum absolute atomic E-state index is 0.0859. The lowest BCUT2D eigenvalue weighted by molar-refractivity contribution is 0.474. The summed E-state index contributed by atoms with van der Waals surface area (Å²) in [5.74, 6) is 0.740. The van der Waals surface area contributed by atoms with Crippen LogP contribution in [0.2, 0.25) is 19.6 Å². The Labute approximate surface area is 258 Å². The summed E-state index contributed by atoms with van der Waals surface area (Å²) in [6, 6.07) is 39.7. The molecule has 214 valence electrons. The molecule has 0 saturated heterocycles. The third-order valence-corrected chi connectivity index (χ3v) is 10.0. The molecule has 4 aromatic carbocycles. The minimum Gasteiger partial charge on any atom is -0.506 e. The number of aromatic hydroxyl groups is 1. The second kappa shape index (κ2) is 11.1. The van der Waals surface area contributed by atoms with E-state index < -0.39 is 8.07 Å². The van der Waals surface area contributed by atoms with Gasteiger partial charge in [-0.3, -0.25) is 14.5 Å². The Morgan fingerprint density at radius 1 is 0.636 bits per heavy atom. The van der Waals surface area contributed by atoms with Crippen LogP contribution in [0.4, 0.5) is 0 Å². The van der Waals surface area contributed by atoms with E-state index in [1.807, 2.05) is 30.5 Å². The van der Waals surface area contributed by atoms with Crippen molar-refractivity contribution in [1.29, 1.82) is 0 Å². The van der Waals surface area contributed by atoms with Crippen LogP contribution in [-0.4, -0.2) is 32.7 Å². The van der Waals surface area contributed by atoms with Crippen LogP contribution in [0, 0.1) is 0 Å². The third-order valence-electron chi connectivity index (χ3n) is 8.02. The van der Waals surface area contributed by atoms with Gasteiger partial charge in [-0.2, -0.15) is 0 Å². The highest BCUT2D eigenvalue weighted by Gasteiger charge is 2.21. The summed E-state index contributed by atoms with van der Waals surface area (Å²) in [5, 5.41) is 12.2. The summed E-state index contributed by atoms with van der Waals surface area (Å²) in [4.78, 5) is 14.2. The maximum atomic E-state index is 10.8. The van der Waals surface area contributed by atoms with Crippen molar-refractivity contribution in [3.05, 3.63) is 134 Å². The van der Waals surface area contributed by atoms with E-state index in [2.05, 4.69) is 114 Å². The van der Waals surface area contributed by atoms with E-state index in [1.54, 1.807) is 12.3 Å². The van der Waals surface area contributed by atoms with E-state index in [0.717, 1.165) is 50.2 Å². The predicted octanol–water partition coefficient (Wildman–Crippen LogP) is 8.73. The number of fused-ring (bicyclic) bond motifs is 1. The third kappa shape index (κ3) is 5.10. The molecule has 6 heteroatoms. The number of aromatic nitrogens is 4. The summed E-state index contributed by atoms with van der Waals surface area (Å²) in [7, 11) is -1.47. The fraction of sp³-hybridized carbons (Fsp3) is 0.0789. The normalized spacial score (nSPS) is 11.6. The average Bonchev–Trinajstić information content (AvgIpc) is 3.45. The van der Waals surface area contributed by atoms with Gasteiger partial charge in [-0.15, -0.1) is 0 Å². The van der Waals surface area contributed by atoms with Crippen molar-refractivity contribution in [1.82, 2.24) is 19.5 Å². The Morgan fingerprint density at radius 3 is 2.07 bits per heavy atom. The lowest BCUT2D eigenvalue weighted by atomic mass is 9.94. The molecule has 0 spiro atoms. The molecule has 5 nitrogen and oxygen atoms in total. The number of rotatable bonds is 6. The SMILES string of the molecule is C[Si](C)(C)c1ccc(-c2cc(-c3ccccc3)cc(-c3cccc4c3nc(-c3ccncc3O)n4-c3ccccc3)c2)nc1. The topological polar surface area (TPSA) is 63.8 Å². The molecular weight excluding hydrogens is 557 g/mol. The predicted molar refractivity (Wildman–Crippen MR) is 183 cm³/mol. The largest absolute Gasteiger partial charge is 0.506 e. The van der Waals surface area contributed by atoms with Gasteiger partial charge in [0.15, 0.2) is 0 Å². The molecule has 0 unspecified atom stereocenters. The molecule has 0 atom stereocenters. The van der Waals surface area contributed by atoms with Gasteiger partial charge in [0.25, 0.3) is 0 Å². The van der Waals surface area contributed by atoms with Gasteiger partial charge in [0.1, 0.15) is 11.6 Å². The zero-order valence-electron chi connectivity index (χ0n) is 24.9. The molecule has 7 aromatic rings. The summed E-state index contributed by atoms with van der Waals surface area (Å²) >= 11 is 0. The Bertz CT molecular complexity index is 2100. The van der Waals surface area contributed by atoms with Crippen molar-refractivity contribution in [2.45, 2.75) is 19.6 Å². The second-order valence-electron chi connectivity index (χ2n) is 12.0. The zero-order valence-corrected chi connectivity index (χ0v) is 25.9. The molecule has 0 aliphatic rings. The van der Waals surface area contributed by atoms with Gasteiger partial charge in [0.05, 0.1) is 36.6 Å². The van der Waals surface area contributed by atoms with Gasteiger partial charge in [-0.1, -0.05) is 86.4 Å². The number of hydrogen-bond donors (Lipinski definition) is 1. The smallest absolute Gasteiger partial charge is 0.149 e. The number of pyridine rings is 2. The number of imidazole rings is 1. The van der Waals surface area contributed by atoms with Crippen LogP contribution in [0.1, 0.15) is 0 Å². The van der Waals surface area contributed by atoms with Crippen molar-refractivity contribution in [2.75, 3.05) is 0 Å². The highest BCUT2D eigenvalue weighted by atomic mass is 28.3. The Hall–Kier alpha value is -5.33. The molecule has 3 aromatic heterocycles. The van der Waals surface area contributed by atoms with Gasteiger partial charge in [0.2, 0.25) is 0 Å². The lowest BCUT2D eigenvalue weighted by Crippen LogP contribution is -2.37. The van der Waals surface area contributed by atoms with Crippen molar-refractivity contribution < 1.29 is 5.11 Å². The maximum absolute atomic E-state index is 10.8. The van der Waals surface area contributed by atoms with Crippen molar-refractivity contribution in [3.63, 3.8) is 0 Å². The molecule has 7 rings (SSSR count). The summed E-state index contributed by atoms with van der Waals surface area (Å²) in [6.45, 7) is 7.02. The van der Waals surface area contributed by atoms with Gasteiger partial charge in [-0.05, 0) is 70.4 Å². The van der Waals surface area contributed by atoms with Gasteiger partial charge in [-0.25, -0.2) is 4.98 Å². The van der Waals surface area contributed by atoms with E-state index in [9.17, 15) is 5.11 Å². The fourth-order valence-corrected chi connectivity index (χ4v) is 6.70. The van der Waals surface area contributed by atoms with Crippen LogP contribution in [0.15, 0.2) is 134 Å². The standard InChI is InChI=1S/C38H32N4OSi/c1-44(2,3)31-17-18-34(40-24-31)29-22-27(26-11-6-4-7-12-26)21-28(23-29)32-15-10-16-35-37(32)41-38(33-19-20-39-25-36(33)43)42(35)30-13-8-5-9-14-30/h4-25,43H,1-3H3. The molecule has 0 aliphatic heterocycles. The lowest BCUT2D eigenvalue weighted by Gasteiger charge is -2.16. The average molecular weight is 589 g/mol. The first-order chi connectivity index (χ1) is 21.4. The fourth-order valence-electron chi connectivity index (χ4n) is 5.66. The first kappa shape index (κ1) is 27.5. The first-order valence-electron chi connectivity index (χ1n) is 14.7. The number of hydrogen-bond acceptors (Lipinski definition) is 4. The Kier molecular flexibility index (Phi) is 6.91. The minimum atomic E-state index is -1.47. The van der Waals surface area contributed by atoms with Crippen LogP contribution in [0.25, 0.3) is 61.6 Å². The van der Waals surface area contributed by atoms with E-state index in [-0.39, 0.29) is 5.75 Å². The highest BCUT2D eigenvalue weighted by molar-refractivity contribution is 6.88. The Balaban J connectivity index is 1.48. The van der Waals surface area contributed by atoms with E-state index in [4.69, 9.17) is 9.97 Å². The summed E-state index contributed by atoms with van der Waals surface area (Å²) in [6.07, 6.45) is 5.19. The molecule has 1 N–H and O–H groups in total. The molecule has 3 heterocycles. The van der Waals surface area contributed by atoms with Crippen LogP contribution in [-0.2, 0) is 0 Å².